The summed E-state index contributed by atoms with van der Waals surface area (Å²) in [5.74, 6) is 0. The quantitative estimate of drug-likeness (QED) is 0.668. The van der Waals surface area contributed by atoms with E-state index in [1.54, 1.807) is 4.90 Å². The maximum absolute atomic E-state index is 12.2. The Morgan fingerprint density at radius 1 is 1.00 bits per heavy atom. The molecule has 2 aromatic carbocycles. The fourth-order valence-electron chi connectivity index (χ4n) is 2.92. The zero-order chi connectivity index (χ0) is 17.6. The first-order valence-corrected chi connectivity index (χ1v) is 8.58. The molecule has 1 amide bonds. The number of fused-ring (bicyclic) bond motifs is 1. The number of hydrogen-bond acceptors (Lipinski definition) is 3. The van der Waals surface area contributed by atoms with E-state index in [0.717, 1.165) is 27.6 Å². The average molecular weight is 334 g/mol. The molecule has 0 saturated heterocycles. The Morgan fingerprint density at radius 2 is 1.68 bits per heavy atom. The van der Waals surface area contributed by atoms with Crippen LogP contribution in [-0.2, 0) is 11.3 Å². The lowest BCUT2D eigenvalue weighted by Crippen LogP contribution is -2.31. The number of carbonyl (C=O) groups excluding carboxylic acids is 1. The van der Waals surface area contributed by atoms with E-state index < -0.39 is 0 Å². The van der Waals surface area contributed by atoms with Crippen molar-refractivity contribution < 1.29 is 9.53 Å². The van der Waals surface area contributed by atoms with Gasteiger partial charge in [-0.3, -0.25) is 4.98 Å². The number of aromatic nitrogens is 1. The number of carbonyl (C=O) groups is 1. The Balaban J connectivity index is 2.00. The van der Waals surface area contributed by atoms with Gasteiger partial charge in [-0.25, -0.2) is 4.79 Å². The fourth-order valence-corrected chi connectivity index (χ4v) is 2.92. The molecule has 0 aliphatic carbocycles. The van der Waals surface area contributed by atoms with Crippen LogP contribution in [0.2, 0.25) is 0 Å². The van der Waals surface area contributed by atoms with Crippen LogP contribution in [0.4, 0.5) is 4.79 Å². The van der Waals surface area contributed by atoms with Crippen LogP contribution in [0.5, 0.6) is 0 Å². The van der Waals surface area contributed by atoms with E-state index in [1.165, 1.54) is 0 Å². The third-order valence-electron chi connectivity index (χ3n) is 4.31. The van der Waals surface area contributed by atoms with Crippen LogP contribution in [0, 0.1) is 0 Å². The van der Waals surface area contributed by atoms with Gasteiger partial charge in [-0.05, 0) is 19.2 Å². The minimum absolute atomic E-state index is 0.202. The number of ether oxygens (including phenoxy) is 1. The molecule has 0 radical (unpaired) electrons. The summed E-state index contributed by atoms with van der Waals surface area (Å²) in [4.78, 5) is 18.5. The van der Waals surface area contributed by atoms with Crippen LogP contribution >= 0.6 is 0 Å². The molecule has 3 rings (SSSR count). The summed E-state index contributed by atoms with van der Waals surface area (Å²) in [6, 6.07) is 18.0. The lowest BCUT2D eigenvalue weighted by Gasteiger charge is -2.19. The highest BCUT2D eigenvalue weighted by Gasteiger charge is 2.15. The first kappa shape index (κ1) is 17.0. The molecule has 0 aliphatic heterocycles. The topological polar surface area (TPSA) is 42.4 Å². The third-order valence-corrected chi connectivity index (χ3v) is 4.31. The van der Waals surface area contributed by atoms with Crippen LogP contribution in [0.1, 0.15) is 19.4 Å². The van der Waals surface area contributed by atoms with Crippen LogP contribution < -0.4 is 0 Å². The van der Waals surface area contributed by atoms with E-state index in [1.807, 2.05) is 74.6 Å². The monoisotopic (exact) mass is 334 g/mol. The van der Waals surface area contributed by atoms with E-state index in [4.69, 9.17) is 4.74 Å². The molecule has 0 saturated carbocycles. The summed E-state index contributed by atoms with van der Waals surface area (Å²) >= 11 is 0. The van der Waals surface area contributed by atoms with Crippen molar-refractivity contribution in [2.75, 3.05) is 13.1 Å². The normalized spacial score (nSPS) is 10.6. The molecule has 0 spiro atoms. The van der Waals surface area contributed by atoms with Crippen molar-refractivity contribution in [2.24, 2.45) is 0 Å². The molecule has 4 heteroatoms. The summed E-state index contributed by atoms with van der Waals surface area (Å²) in [5.41, 5.74) is 2.80. The highest BCUT2D eigenvalue weighted by molar-refractivity contribution is 5.89. The Morgan fingerprint density at radius 3 is 2.40 bits per heavy atom. The van der Waals surface area contributed by atoms with Crippen molar-refractivity contribution in [3.63, 3.8) is 0 Å². The number of benzene rings is 2. The van der Waals surface area contributed by atoms with Crippen molar-refractivity contribution in [1.29, 1.82) is 0 Å². The predicted molar refractivity (Wildman–Crippen MR) is 100 cm³/mol. The molecule has 0 unspecified atom stereocenters. The number of hydrogen-bond donors (Lipinski definition) is 0. The summed E-state index contributed by atoms with van der Waals surface area (Å²) in [6.45, 7) is 5.36. The number of nitrogens with zero attached hydrogens (tertiary/aromatic N) is 2. The molecular weight excluding hydrogens is 312 g/mol. The van der Waals surface area contributed by atoms with Crippen molar-refractivity contribution in [3.8, 4) is 11.3 Å². The van der Waals surface area contributed by atoms with Gasteiger partial charge in [0.1, 0.15) is 6.61 Å². The first-order chi connectivity index (χ1) is 12.2. The molecule has 4 nitrogen and oxygen atoms in total. The highest BCUT2D eigenvalue weighted by atomic mass is 16.6. The number of rotatable bonds is 5. The molecular formula is C21H22N2O2. The van der Waals surface area contributed by atoms with Gasteiger partial charge in [-0.1, -0.05) is 54.6 Å². The van der Waals surface area contributed by atoms with Crippen LogP contribution in [0.25, 0.3) is 22.0 Å². The lowest BCUT2D eigenvalue weighted by molar-refractivity contribution is 0.100. The van der Waals surface area contributed by atoms with E-state index in [9.17, 15) is 4.79 Å². The van der Waals surface area contributed by atoms with Gasteiger partial charge in [0, 0.05) is 35.8 Å². The van der Waals surface area contributed by atoms with Gasteiger partial charge in [-0.2, -0.15) is 0 Å². The zero-order valence-electron chi connectivity index (χ0n) is 14.6. The molecule has 0 atom stereocenters. The van der Waals surface area contributed by atoms with Crippen LogP contribution in [-0.4, -0.2) is 29.1 Å². The van der Waals surface area contributed by atoms with Crippen molar-refractivity contribution >= 4 is 16.9 Å². The lowest BCUT2D eigenvalue weighted by atomic mass is 10.0. The van der Waals surface area contributed by atoms with E-state index in [0.29, 0.717) is 13.1 Å². The molecule has 128 valence electrons. The van der Waals surface area contributed by atoms with Crippen molar-refractivity contribution in [3.05, 3.63) is 66.4 Å². The Kier molecular flexibility index (Phi) is 5.29. The predicted octanol–water partition coefficient (Wildman–Crippen LogP) is 4.88. The van der Waals surface area contributed by atoms with E-state index in [-0.39, 0.29) is 12.7 Å². The van der Waals surface area contributed by atoms with Gasteiger partial charge in [0.15, 0.2) is 0 Å². The largest absolute Gasteiger partial charge is 0.444 e. The van der Waals surface area contributed by atoms with Crippen molar-refractivity contribution in [1.82, 2.24) is 9.88 Å². The van der Waals surface area contributed by atoms with Gasteiger partial charge in [0.25, 0.3) is 0 Å². The zero-order valence-corrected chi connectivity index (χ0v) is 14.6. The second-order valence-electron chi connectivity index (χ2n) is 5.77. The Labute approximate surface area is 148 Å². The van der Waals surface area contributed by atoms with Crippen molar-refractivity contribution in [2.45, 2.75) is 20.5 Å². The summed E-state index contributed by atoms with van der Waals surface area (Å²) in [6.07, 6.45) is 1.57. The minimum atomic E-state index is -0.294. The van der Waals surface area contributed by atoms with Crippen LogP contribution in [0.15, 0.2) is 60.8 Å². The van der Waals surface area contributed by atoms with Gasteiger partial charge in [0.05, 0.1) is 5.69 Å². The molecule has 0 fully saturated rings. The van der Waals surface area contributed by atoms with Gasteiger partial charge < -0.3 is 9.64 Å². The summed E-state index contributed by atoms with van der Waals surface area (Å²) < 4.78 is 5.59. The smallest absolute Gasteiger partial charge is 0.410 e. The Bertz CT molecular complexity index is 858. The third kappa shape index (κ3) is 3.63. The average Bonchev–Trinajstić information content (AvgIpc) is 2.67. The molecule has 1 aromatic heterocycles. The van der Waals surface area contributed by atoms with Crippen LogP contribution in [0.3, 0.4) is 0 Å². The van der Waals surface area contributed by atoms with E-state index >= 15 is 0 Å². The second-order valence-corrected chi connectivity index (χ2v) is 5.77. The molecule has 25 heavy (non-hydrogen) atoms. The minimum Gasteiger partial charge on any atom is -0.444 e. The van der Waals surface area contributed by atoms with Gasteiger partial charge in [-0.15, -0.1) is 0 Å². The highest BCUT2D eigenvalue weighted by Crippen LogP contribution is 2.28. The fraction of sp³-hybridized carbons (Fsp3) is 0.238. The maximum Gasteiger partial charge on any atom is 0.410 e. The molecule has 3 aromatic rings. The first-order valence-electron chi connectivity index (χ1n) is 8.58. The maximum atomic E-state index is 12.2. The SMILES string of the molecule is CCN(CC)C(=O)OCc1c(-c2ccccc2)ncc2ccccc12. The molecule has 0 bridgehead atoms. The molecule has 0 N–H and O–H groups in total. The second kappa shape index (κ2) is 7.79. The number of pyridine rings is 1. The summed E-state index contributed by atoms with van der Waals surface area (Å²) in [7, 11) is 0. The van der Waals surface area contributed by atoms with E-state index in [2.05, 4.69) is 4.98 Å². The molecule has 0 aliphatic rings. The van der Waals surface area contributed by atoms with Gasteiger partial charge >= 0.3 is 6.09 Å². The van der Waals surface area contributed by atoms with Gasteiger partial charge in [0.2, 0.25) is 0 Å². The summed E-state index contributed by atoms with van der Waals surface area (Å²) in [5, 5.41) is 2.10. The molecule has 1 heterocycles. The standard InChI is InChI=1S/C21H22N2O2/c1-3-23(4-2)21(24)25-15-19-18-13-9-8-12-17(18)14-22-20(19)16-10-6-5-7-11-16/h5-14H,3-4,15H2,1-2H3. The Hall–Kier alpha value is -2.88. The number of amides is 1.